The van der Waals surface area contributed by atoms with Crippen LogP contribution in [0.4, 0.5) is 0 Å². The van der Waals surface area contributed by atoms with Gasteiger partial charge in [0.05, 0.1) is 13.1 Å². The first-order valence-corrected chi connectivity index (χ1v) is 10.3. The zero-order valence-electron chi connectivity index (χ0n) is 17.5. The van der Waals surface area contributed by atoms with Crippen LogP contribution in [0.2, 0.25) is 0 Å². The Kier molecular flexibility index (Phi) is 10.5. The fraction of sp³-hybridized carbons (Fsp3) is 0.391. The molecule has 0 aliphatic carbocycles. The molecule has 30 heavy (non-hydrogen) atoms. The van der Waals surface area contributed by atoms with Crippen molar-refractivity contribution >= 4 is 35.8 Å². The lowest BCUT2D eigenvalue weighted by Crippen LogP contribution is -2.39. The zero-order valence-corrected chi connectivity index (χ0v) is 19.8. The predicted molar refractivity (Wildman–Crippen MR) is 131 cm³/mol. The third kappa shape index (κ3) is 7.51. The molecule has 2 N–H and O–H groups in total. The lowest BCUT2D eigenvalue weighted by molar-refractivity contribution is -0.128. The highest BCUT2D eigenvalue weighted by Crippen LogP contribution is 2.17. The van der Waals surface area contributed by atoms with E-state index in [9.17, 15) is 4.79 Å². The van der Waals surface area contributed by atoms with Crippen LogP contribution in [0.3, 0.4) is 0 Å². The number of nitrogens with one attached hydrogen (secondary N) is 2. The Bertz CT molecular complexity index is 814. The van der Waals surface area contributed by atoms with E-state index in [0.717, 1.165) is 42.3 Å². The summed E-state index contributed by atoms with van der Waals surface area (Å²) >= 11 is 0. The molecular formula is C23H31IN4O2. The Labute approximate surface area is 196 Å². The Morgan fingerprint density at radius 2 is 1.80 bits per heavy atom. The molecule has 0 saturated carbocycles. The molecule has 7 heteroatoms. The molecule has 1 aliphatic rings. The summed E-state index contributed by atoms with van der Waals surface area (Å²) in [5, 5.41) is 6.58. The van der Waals surface area contributed by atoms with Crippen molar-refractivity contribution in [2.75, 3.05) is 26.2 Å². The van der Waals surface area contributed by atoms with Crippen LogP contribution >= 0.6 is 24.0 Å². The van der Waals surface area contributed by atoms with Crippen LogP contribution in [0.15, 0.2) is 59.6 Å². The van der Waals surface area contributed by atoms with Crippen molar-refractivity contribution < 1.29 is 9.53 Å². The summed E-state index contributed by atoms with van der Waals surface area (Å²) in [6.07, 6.45) is 1.62. The van der Waals surface area contributed by atoms with Gasteiger partial charge in [0.2, 0.25) is 5.91 Å². The first-order chi connectivity index (χ1) is 14.3. The topological polar surface area (TPSA) is 66.0 Å². The monoisotopic (exact) mass is 522 g/mol. The molecule has 162 valence electrons. The second-order valence-electron chi connectivity index (χ2n) is 6.97. The molecule has 1 aliphatic heterocycles. The van der Waals surface area contributed by atoms with Crippen LogP contribution in [-0.4, -0.2) is 43.0 Å². The molecule has 0 radical (unpaired) electrons. The van der Waals surface area contributed by atoms with Gasteiger partial charge in [0.1, 0.15) is 12.4 Å². The number of para-hydroxylation sites is 1. The highest BCUT2D eigenvalue weighted by Gasteiger charge is 2.20. The zero-order chi connectivity index (χ0) is 20.3. The van der Waals surface area contributed by atoms with Gasteiger partial charge in [-0.15, -0.1) is 24.0 Å². The molecule has 1 heterocycles. The molecule has 2 aromatic rings. The predicted octanol–water partition coefficient (Wildman–Crippen LogP) is 3.56. The molecule has 1 amide bonds. The number of likely N-dealkylation sites (tertiary alicyclic amines) is 1. The van der Waals surface area contributed by atoms with E-state index in [-0.39, 0.29) is 29.9 Å². The summed E-state index contributed by atoms with van der Waals surface area (Å²) in [5.41, 5.74) is 2.31. The highest BCUT2D eigenvalue weighted by atomic mass is 127. The van der Waals surface area contributed by atoms with Crippen LogP contribution in [-0.2, 0) is 17.9 Å². The van der Waals surface area contributed by atoms with Gasteiger partial charge in [-0.05, 0) is 36.6 Å². The van der Waals surface area contributed by atoms with E-state index in [0.29, 0.717) is 32.7 Å². The third-order valence-electron chi connectivity index (χ3n) is 4.81. The van der Waals surface area contributed by atoms with E-state index in [4.69, 9.17) is 9.73 Å². The molecule has 0 bridgehead atoms. The fourth-order valence-electron chi connectivity index (χ4n) is 3.30. The van der Waals surface area contributed by atoms with Crippen molar-refractivity contribution in [2.24, 2.45) is 4.99 Å². The Balaban J connectivity index is 0.00000320. The number of hydrogen-bond donors (Lipinski definition) is 2. The average molecular weight is 522 g/mol. The fourth-order valence-corrected chi connectivity index (χ4v) is 3.30. The second-order valence-corrected chi connectivity index (χ2v) is 6.97. The molecular weight excluding hydrogens is 491 g/mol. The van der Waals surface area contributed by atoms with E-state index < -0.39 is 0 Å². The molecule has 0 unspecified atom stereocenters. The van der Waals surface area contributed by atoms with Crippen molar-refractivity contribution in [1.82, 2.24) is 15.5 Å². The van der Waals surface area contributed by atoms with Crippen molar-refractivity contribution in [3.63, 3.8) is 0 Å². The van der Waals surface area contributed by atoms with Crippen molar-refractivity contribution in [2.45, 2.75) is 32.9 Å². The number of hydrogen-bond acceptors (Lipinski definition) is 3. The van der Waals surface area contributed by atoms with E-state index in [2.05, 4.69) is 22.8 Å². The van der Waals surface area contributed by atoms with Gasteiger partial charge >= 0.3 is 0 Å². The first kappa shape index (κ1) is 24.0. The average Bonchev–Trinajstić information content (AvgIpc) is 3.15. The molecule has 0 atom stereocenters. The smallest absolute Gasteiger partial charge is 0.222 e. The summed E-state index contributed by atoms with van der Waals surface area (Å²) in [6.45, 7) is 6.13. The lowest BCUT2D eigenvalue weighted by atomic mass is 10.1. The normalized spacial score (nSPS) is 13.7. The van der Waals surface area contributed by atoms with E-state index in [1.165, 1.54) is 0 Å². The highest BCUT2D eigenvalue weighted by molar-refractivity contribution is 14.0. The minimum Gasteiger partial charge on any atom is -0.492 e. The quantitative estimate of drug-likeness (QED) is 0.229. The van der Waals surface area contributed by atoms with Gasteiger partial charge in [0, 0.05) is 26.1 Å². The lowest BCUT2D eigenvalue weighted by Gasteiger charge is -2.18. The Morgan fingerprint density at radius 1 is 1.07 bits per heavy atom. The number of aliphatic imine (C=N–C) groups is 1. The van der Waals surface area contributed by atoms with E-state index >= 15 is 0 Å². The summed E-state index contributed by atoms with van der Waals surface area (Å²) in [4.78, 5) is 18.6. The maximum atomic E-state index is 12.0. The first-order valence-electron chi connectivity index (χ1n) is 10.3. The number of halogens is 1. The number of nitrogens with zero attached hydrogens (tertiary/aromatic N) is 2. The van der Waals surface area contributed by atoms with Crippen LogP contribution < -0.4 is 15.4 Å². The number of ether oxygens (including phenoxy) is 1. The number of guanidine groups is 1. The SMILES string of the molecule is CCNC(=NCc1ccccc1CN1CCCC1=O)NCCOc1ccccc1.I. The van der Waals surface area contributed by atoms with Gasteiger partial charge in [-0.1, -0.05) is 42.5 Å². The van der Waals surface area contributed by atoms with Gasteiger partial charge in [0.25, 0.3) is 0 Å². The summed E-state index contributed by atoms with van der Waals surface area (Å²) in [5.74, 6) is 1.87. The van der Waals surface area contributed by atoms with Crippen LogP contribution in [0, 0.1) is 0 Å². The van der Waals surface area contributed by atoms with Gasteiger partial charge in [0.15, 0.2) is 5.96 Å². The number of amides is 1. The molecule has 1 fully saturated rings. The maximum absolute atomic E-state index is 12.0. The minimum atomic E-state index is 0. The minimum absolute atomic E-state index is 0. The van der Waals surface area contributed by atoms with Gasteiger partial charge in [-0.25, -0.2) is 4.99 Å². The van der Waals surface area contributed by atoms with Crippen LogP contribution in [0.25, 0.3) is 0 Å². The third-order valence-corrected chi connectivity index (χ3v) is 4.81. The maximum Gasteiger partial charge on any atom is 0.222 e. The Morgan fingerprint density at radius 3 is 2.50 bits per heavy atom. The molecule has 0 spiro atoms. The summed E-state index contributed by atoms with van der Waals surface area (Å²) in [6, 6.07) is 18.0. The number of carbonyl (C=O) groups is 1. The van der Waals surface area contributed by atoms with Crippen molar-refractivity contribution in [3.8, 4) is 5.75 Å². The molecule has 3 rings (SSSR count). The summed E-state index contributed by atoms with van der Waals surface area (Å²) < 4.78 is 5.72. The van der Waals surface area contributed by atoms with Crippen molar-refractivity contribution in [3.05, 3.63) is 65.7 Å². The standard InChI is InChI=1S/C23H30N4O2.HI/c1-2-24-23(25-14-16-29-21-11-4-3-5-12-21)26-17-19-9-6-7-10-20(19)18-27-15-8-13-22(27)28;/h3-7,9-12H,2,8,13-18H2,1H3,(H2,24,25,26);1H. The van der Waals surface area contributed by atoms with Crippen molar-refractivity contribution in [1.29, 1.82) is 0 Å². The van der Waals surface area contributed by atoms with Crippen LogP contribution in [0.5, 0.6) is 5.75 Å². The van der Waals surface area contributed by atoms with E-state index in [1.807, 2.05) is 54.3 Å². The molecule has 0 aromatic heterocycles. The van der Waals surface area contributed by atoms with Gasteiger partial charge < -0.3 is 20.3 Å². The second kappa shape index (κ2) is 13.1. The molecule has 2 aromatic carbocycles. The number of carbonyl (C=O) groups excluding carboxylic acids is 1. The molecule has 1 saturated heterocycles. The summed E-state index contributed by atoms with van der Waals surface area (Å²) in [7, 11) is 0. The molecule has 6 nitrogen and oxygen atoms in total. The number of benzene rings is 2. The largest absolute Gasteiger partial charge is 0.492 e. The van der Waals surface area contributed by atoms with E-state index in [1.54, 1.807) is 0 Å². The Hall–Kier alpha value is -2.29. The van der Waals surface area contributed by atoms with Gasteiger partial charge in [-0.3, -0.25) is 4.79 Å². The van der Waals surface area contributed by atoms with Gasteiger partial charge in [-0.2, -0.15) is 0 Å². The number of rotatable bonds is 9. The van der Waals surface area contributed by atoms with Crippen LogP contribution in [0.1, 0.15) is 30.9 Å².